The Kier molecular flexibility index (Phi) is 6.69. The minimum Gasteiger partial charge on any atom is -0.449 e. The minimum atomic E-state index is -3.52. The molecule has 1 amide bonds. The number of ether oxygens (including phenoxy) is 1. The van der Waals surface area contributed by atoms with Crippen LogP contribution >= 0.6 is 11.6 Å². The first kappa shape index (κ1) is 21.7. The predicted octanol–water partition coefficient (Wildman–Crippen LogP) is 2.99. The lowest BCUT2D eigenvalue weighted by Gasteiger charge is -2.16. The SMILES string of the molecule is CC(OC(=O)c1cc(S(C)(=O)=O)ccc1Cl)C(=O)Nc1ccc(N(C)C)cc1. The maximum atomic E-state index is 12.3. The molecule has 0 aromatic heterocycles. The van der Waals surface area contributed by atoms with Gasteiger partial charge in [0.2, 0.25) is 0 Å². The van der Waals surface area contributed by atoms with Crippen molar-refractivity contribution in [1.82, 2.24) is 0 Å². The highest BCUT2D eigenvalue weighted by Crippen LogP contribution is 2.22. The first-order valence-electron chi connectivity index (χ1n) is 8.28. The number of hydrogen-bond donors (Lipinski definition) is 1. The zero-order chi connectivity index (χ0) is 21.1. The number of esters is 1. The van der Waals surface area contributed by atoms with E-state index in [4.69, 9.17) is 16.3 Å². The molecule has 150 valence electrons. The highest BCUT2D eigenvalue weighted by atomic mass is 35.5. The van der Waals surface area contributed by atoms with Crippen molar-refractivity contribution in [1.29, 1.82) is 0 Å². The van der Waals surface area contributed by atoms with Gasteiger partial charge in [0.05, 0.1) is 15.5 Å². The van der Waals surface area contributed by atoms with E-state index in [2.05, 4.69) is 5.32 Å². The minimum absolute atomic E-state index is 0.0317. The van der Waals surface area contributed by atoms with Gasteiger partial charge in [-0.15, -0.1) is 0 Å². The standard InChI is InChI=1S/C19H21ClN2O5S/c1-12(18(23)21-13-5-7-14(8-6-13)22(2)3)27-19(24)16-11-15(28(4,25)26)9-10-17(16)20/h5-12H,1-4H3,(H,21,23). The highest BCUT2D eigenvalue weighted by molar-refractivity contribution is 7.90. The van der Waals surface area contributed by atoms with E-state index in [1.54, 1.807) is 12.1 Å². The molecule has 0 aliphatic heterocycles. The summed E-state index contributed by atoms with van der Waals surface area (Å²) < 4.78 is 28.5. The van der Waals surface area contributed by atoms with Gasteiger partial charge in [-0.1, -0.05) is 11.6 Å². The fraction of sp³-hybridized carbons (Fsp3) is 0.263. The maximum Gasteiger partial charge on any atom is 0.340 e. The molecule has 0 saturated carbocycles. The van der Waals surface area contributed by atoms with E-state index in [9.17, 15) is 18.0 Å². The lowest BCUT2D eigenvalue weighted by Crippen LogP contribution is -2.30. The Hall–Kier alpha value is -2.58. The normalized spacial score (nSPS) is 12.2. The van der Waals surface area contributed by atoms with Crippen molar-refractivity contribution in [2.75, 3.05) is 30.6 Å². The van der Waals surface area contributed by atoms with Gasteiger partial charge >= 0.3 is 5.97 Å². The van der Waals surface area contributed by atoms with Crippen molar-refractivity contribution in [3.63, 3.8) is 0 Å². The third kappa shape index (κ3) is 5.46. The summed E-state index contributed by atoms with van der Waals surface area (Å²) in [4.78, 5) is 26.5. The van der Waals surface area contributed by atoms with Crippen LogP contribution in [-0.4, -0.2) is 46.7 Å². The molecule has 7 nitrogen and oxygen atoms in total. The Balaban J connectivity index is 2.08. The quantitative estimate of drug-likeness (QED) is 0.716. The fourth-order valence-electron chi connectivity index (χ4n) is 2.26. The molecule has 0 radical (unpaired) electrons. The number of benzene rings is 2. The van der Waals surface area contributed by atoms with Crippen molar-refractivity contribution in [3.05, 3.63) is 53.1 Å². The molecular weight excluding hydrogens is 404 g/mol. The van der Waals surface area contributed by atoms with E-state index < -0.39 is 27.8 Å². The number of carbonyl (C=O) groups excluding carboxylic acids is 2. The molecule has 1 atom stereocenters. The van der Waals surface area contributed by atoms with Crippen LogP contribution in [0.25, 0.3) is 0 Å². The van der Waals surface area contributed by atoms with Gasteiger partial charge in [-0.3, -0.25) is 4.79 Å². The van der Waals surface area contributed by atoms with Crippen LogP contribution in [0.15, 0.2) is 47.4 Å². The van der Waals surface area contributed by atoms with Crippen LogP contribution in [0, 0.1) is 0 Å². The third-order valence-electron chi connectivity index (χ3n) is 3.89. The second kappa shape index (κ2) is 8.62. The van der Waals surface area contributed by atoms with Crippen LogP contribution in [-0.2, 0) is 19.4 Å². The van der Waals surface area contributed by atoms with Crippen LogP contribution in [0.5, 0.6) is 0 Å². The molecule has 1 N–H and O–H groups in total. The van der Waals surface area contributed by atoms with Gasteiger partial charge in [0.15, 0.2) is 15.9 Å². The molecule has 0 aliphatic rings. The Bertz CT molecular complexity index is 988. The Morgan fingerprint density at radius 3 is 2.25 bits per heavy atom. The summed E-state index contributed by atoms with van der Waals surface area (Å²) >= 11 is 5.97. The average molecular weight is 425 g/mol. The second-order valence-electron chi connectivity index (χ2n) is 6.39. The van der Waals surface area contributed by atoms with E-state index in [1.165, 1.54) is 19.1 Å². The number of rotatable bonds is 6. The summed E-state index contributed by atoms with van der Waals surface area (Å²) in [5.74, 6) is -1.41. The van der Waals surface area contributed by atoms with Gasteiger partial charge in [0.1, 0.15) is 0 Å². The van der Waals surface area contributed by atoms with Crippen molar-refractivity contribution in [2.45, 2.75) is 17.9 Å². The molecule has 2 aromatic carbocycles. The summed E-state index contributed by atoms with van der Waals surface area (Å²) in [5.41, 5.74) is 1.40. The number of amides is 1. The number of halogens is 1. The molecule has 0 saturated heterocycles. The van der Waals surface area contributed by atoms with E-state index in [0.717, 1.165) is 18.0 Å². The smallest absolute Gasteiger partial charge is 0.340 e. The molecule has 2 rings (SSSR count). The monoisotopic (exact) mass is 424 g/mol. The summed E-state index contributed by atoms with van der Waals surface area (Å²) in [6.07, 6.45) is -0.0952. The van der Waals surface area contributed by atoms with Gasteiger partial charge in [0.25, 0.3) is 5.91 Å². The van der Waals surface area contributed by atoms with E-state index in [0.29, 0.717) is 5.69 Å². The molecule has 2 aromatic rings. The fourth-order valence-corrected chi connectivity index (χ4v) is 3.10. The Labute approximate surface area is 169 Å². The second-order valence-corrected chi connectivity index (χ2v) is 8.81. The molecule has 0 fully saturated rings. The maximum absolute atomic E-state index is 12.3. The summed E-state index contributed by atoms with van der Waals surface area (Å²) in [5, 5.41) is 2.68. The lowest BCUT2D eigenvalue weighted by atomic mass is 10.2. The Morgan fingerprint density at radius 1 is 1.11 bits per heavy atom. The number of nitrogens with one attached hydrogen (secondary N) is 1. The zero-order valence-corrected chi connectivity index (χ0v) is 17.5. The van der Waals surface area contributed by atoms with Gasteiger partial charge in [0, 0.05) is 31.7 Å². The molecule has 1 unspecified atom stereocenters. The average Bonchev–Trinajstić information content (AvgIpc) is 2.61. The third-order valence-corrected chi connectivity index (χ3v) is 5.33. The van der Waals surface area contributed by atoms with E-state index >= 15 is 0 Å². The Morgan fingerprint density at radius 2 is 1.71 bits per heavy atom. The van der Waals surface area contributed by atoms with Gasteiger partial charge in [-0.2, -0.15) is 0 Å². The van der Waals surface area contributed by atoms with Crippen molar-refractivity contribution >= 4 is 44.7 Å². The zero-order valence-electron chi connectivity index (χ0n) is 15.9. The highest BCUT2D eigenvalue weighted by Gasteiger charge is 2.22. The largest absolute Gasteiger partial charge is 0.449 e. The van der Waals surface area contributed by atoms with Crippen LogP contribution < -0.4 is 10.2 Å². The number of anilines is 2. The van der Waals surface area contributed by atoms with Crippen LogP contribution in [0.2, 0.25) is 5.02 Å². The van der Waals surface area contributed by atoms with E-state index in [1.807, 2.05) is 31.1 Å². The van der Waals surface area contributed by atoms with Crippen LogP contribution in [0.1, 0.15) is 17.3 Å². The lowest BCUT2D eigenvalue weighted by molar-refractivity contribution is -0.123. The number of hydrogen-bond acceptors (Lipinski definition) is 6. The van der Waals surface area contributed by atoms with Crippen LogP contribution in [0.3, 0.4) is 0 Å². The molecule has 0 heterocycles. The topological polar surface area (TPSA) is 92.8 Å². The molecule has 0 spiro atoms. The first-order valence-corrected chi connectivity index (χ1v) is 10.5. The molecule has 0 bridgehead atoms. The van der Waals surface area contributed by atoms with Crippen LogP contribution in [0.4, 0.5) is 11.4 Å². The summed E-state index contributed by atoms with van der Waals surface area (Å²) in [6, 6.07) is 10.9. The summed E-state index contributed by atoms with van der Waals surface area (Å²) in [7, 11) is 0.284. The summed E-state index contributed by atoms with van der Waals surface area (Å²) in [6.45, 7) is 1.41. The van der Waals surface area contributed by atoms with Gasteiger partial charge in [-0.25, -0.2) is 13.2 Å². The van der Waals surface area contributed by atoms with Gasteiger partial charge < -0.3 is 15.0 Å². The molecule has 28 heavy (non-hydrogen) atoms. The number of carbonyl (C=O) groups is 2. The molecular formula is C19H21ClN2O5S. The van der Waals surface area contributed by atoms with Crippen molar-refractivity contribution in [3.8, 4) is 0 Å². The van der Waals surface area contributed by atoms with Gasteiger partial charge in [-0.05, 0) is 49.4 Å². The molecule has 9 heteroatoms. The van der Waals surface area contributed by atoms with Crippen molar-refractivity contribution < 1.29 is 22.7 Å². The predicted molar refractivity (Wildman–Crippen MR) is 109 cm³/mol. The van der Waals surface area contributed by atoms with Crippen molar-refractivity contribution in [2.24, 2.45) is 0 Å². The first-order chi connectivity index (χ1) is 13.0. The number of sulfone groups is 1. The van der Waals surface area contributed by atoms with E-state index in [-0.39, 0.29) is 15.5 Å². The molecule has 0 aliphatic carbocycles. The number of nitrogens with zero attached hydrogens (tertiary/aromatic N) is 1.